The highest BCUT2D eigenvalue weighted by molar-refractivity contribution is 5.94. The number of rotatable bonds is 15. The highest BCUT2D eigenvalue weighted by Gasteiger charge is 2.34. The second-order valence-electron chi connectivity index (χ2n) is 11.0. The Morgan fingerprint density at radius 1 is 0.786 bits per heavy atom. The van der Waals surface area contributed by atoms with Crippen LogP contribution in [0.2, 0.25) is 0 Å². The van der Waals surface area contributed by atoms with Crippen molar-refractivity contribution < 1.29 is 24.3 Å². The predicted octanol–water partition coefficient (Wildman–Crippen LogP) is 2.91. The average molecular weight is 578 g/mol. The maximum Gasteiger partial charge on any atom is 0.326 e. The molecule has 0 aliphatic heterocycles. The Hall–Kier alpha value is -4.18. The van der Waals surface area contributed by atoms with E-state index in [-0.39, 0.29) is 24.7 Å². The van der Waals surface area contributed by atoms with Crippen LogP contribution in [0.15, 0.2) is 60.8 Å². The maximum absolute atomic E-state index is 13.7. The summed E-state index contributed by atoms with van der Waals surface area (Å²) in [6, 6.07) is 12.9. The number of aromatic amines is 1. The number of carboxylic acids is 1. The van der Waals surface area contributed by atoms with Gasteiger partial charge in [0.2, 0.25) is 17.7 Å². The summed E-state index contributed by atoms with van der Waals surface area (Å²) < 4.78 is 0. The topological polar surface area (TPSA) is 166 Å². The minimum absolute atomic E-state index is 0.178. The van der Waals surface area contributed by atoms with Gasteiger partial charge in [0, 0.05) is 23.5 Å². The quantitative estimate of drug-likeness (QED) is 0.162. The molecule has 1 heterocycles. The smallest absolute Gasteiger partial charge is 0.326 e. The number of benzene rings is 2. The van der Waals surface area contributed by atoms with Gasteiger partial charge in [0.15, 0.2) is 0 Å². The number of para-hydroxylation sites is 1. The van der Waals surface area contributed by atoms with E-state index in [9.17, 15) is 24.3 Å². The van der Waals surface area contributed by atoms with Crippen LogP contribution in [0.4, 0.5) is 0 Å². The van der Waals surface area contributed by atoms with Crippen molar-refractivity contribution in [3.05, 3.63) is 71.9 Å². The Kier molecular flexibility index (Phi) is 11.7. The van der Waals surface area contributed by atoms with Crippen molar-refractivity contribution in [1.82, 2.24) is 20.9 Å². The van der Waals surface area contributed by atoms with Gasteiger partial charge in [-0.05, 0) is 35.4 Å². The number of hydrogen-bond acceptors (Lipinski definition) is 5. The van der Waals surface area contributed by atoms with Gasteiger partial charge >= 0.3 is 5.97 Å². The molecule has 0 aliphatic rings. The molecule has 7 N–H and O–H groups in total. The van der Waals surface area contributed by atoms with Crippen molar-refractivity contribution in [3.8, 4) is 0 Å². The van der Waals surface area contributed by atoms with Crippen molar-refractivity contribution >= 4 is 34.6 Å². The van der Waals surface area contributed by atoms with E-state index in [0.717, 1.165) is 22.0 Å². The third kappa shape index (κ3) is 8.42. The number of nitrogens with one attached hydrogen (secondary N) is 4. The molecule has 6 unspecified atom stereocenters. The van der Waals surface area contributed by atoms with Gasteiger partial charge < -0.3 is 31.8 Å². The molecule has 3 aromatic rings. The van der Waals surface area contributed by atoms with E-state index in [1.165, 1.54) is 0 Å². The van der Waals surface area contributed by atoms with E-state index in [4.69, 9.17) is 5.73 Å². The van der Waals surface area contributed by atoms with Gasteiger partial charge in [-0.25, -0.2) is 4.79 Å². The van der Waals surface area contributed by atoms with Crippen molar-refractivity contribution in [1.29, 1.82) is 0 Å². The Morgan fingerprint density at radius 3 is 2.02 bits per heavy atom. The zero-order chi connectivity index (χ0) is 30.8. The van der Waals surface area contributed by atoms with E-state index >= 15 is 0 Å². The van der Waals surface area contributed by atoms with Crippen LogP contribution in [0.1, 0.15) is 51.7 Å². The first-order valence-electron chi connectivity index (χ1n) is 14.5. The Bertz CT molecular complexity index is 1360. The van der Waals surface area contributed by atoms with Gasteiger partial charge in [0.1, 0.15) is 18.1 Å². The summed E-state index contributed by atoms with van der Waals surface area (Å²) in [6.07, 6.45) is 3.38. The van der Waals surface area contributed by atoms with Crippen LogP contribution in [0.25, 0.3) is 10.9 Å². The Morgan fingerprint density at radius 2 is 1.38 bits per heavy atom. The molecule has 3 rings (SSSR count). The molecule has 2 aromatic carbocycles. The molecule has 0 saturated heterocycles. The number of carboxylic acid groups (broad SMARTS) is 1. The second-order valence-corrected chi connectivity index (χ2v) is 11.0. The fraction of sp³-hybridized carbons (Fsp3) is 0.438. The molecule has 10 nitrogen and oxygen atoms in total. The molecule has 0 aliphatic carbocycles. The highest BCUT2D eigenvalue weighted by atomic mass is 16.4. The normalized spacial score (nSPS) is 15.5. The second kappa shape index (κ2) is 15.2. The lowest BCUT2D eigenvalue weighted by Crippen LogP contribution is -2.59. The van der Waals surface area contributed by atoms with Crippen molar-refractivity contribution in [2.75, 3.05) is 0 Å². The first kappa shape index (κ1) is 32.3. The number of nitrogens with two attached hydrogens (primary N) is 1. The average Bonchev–Trinajstić information content (AvgIpc) is 3.40. The van der Waals surface area contributed by atoms with Gasteiger partial charge in [-0.15, -0.1) is 0 Å². The summed E-state index contributed by atoms with van der Waals surface area (Å²) in [5, 5.41) is 18.9. The van der Waals surface area contributed by atoms with Crippen LogP contribution < -0.4 is 21.7 Å². The molecule has 1 aromatic heterocycles. The summed E-state index contributed by atoms with van der Waals surface area (Å²) in [6.45, 7) is 7.29. The van der Waals surface area contributed by atoms with Crippen molar-refractivity contribution in [2.45, 2.75) is 77.5 Å². The fourth-order valence-corrected chi connectivity index (χ4v) is 4.85. The number of fused-ring (bicyclic) bond motifs is 1. The largest absolute Gasteiger partial charge is 0.480 e. The Balaban J connectivity index is 1.79. The van der Waals surface area contributed by atoms with Gasteiger partial charge in [0.25, 0.3) is 0 Å². The predicted molar refractivity (Wildman–Crippen MR) is 162 cm³/mol. The molecule has 0 bridgehead atoms. The summed E-state index contributed by atoms with van der Waals surface area (Å²) >= 11 is 0. The van der Waals surface area contributed by atoms with Crippen molar-refractivity contribution in [3.63, 3.8) is 0 Å². The SMILES string of the molecule is CCC(C)C(NC(=O)C(NC(=O)C(Cc1ccccc1)NC(=O)C(N)Cc1c[nH]c2ccccc12)C(C)CC)C(=O)O. The van der Waals surface area contributed by atoms with E-state index in [2.05, 4.69) is 20.9 Å². The zero-order valence-corrected chi connectivity index (χ0v) is 24.7. The molecule has 0 radical (unpaired) electrons. The maximum atomic E-state index is 13.7. The van der Waals surface area contributed by atoms with E-state index < -0.39 is 47.9 Å². The zero-order valence-electron chi connectivity index (χ0n) is 24.7. The van der Waals surface area contributed by atoms with Crippen LogP contribution >= 0.6 is 0 Å². The van der Waals surface area contributed by atoms with Crippen LogP contribution in [-0.4, -0.2) is 57.9 Å². The number of aromatic nitrogens is 1. The van der Waals surface area contributed by atoms with Gasteiger partial charge in [-0.2, -0.15) is 0 Å². The molecule has 0 saturated carbocycles. The standard InChI is InChI=1S/C32H43N5O5/c1-5-19(3)27(31(40)37-28(32(41)42)20(4)6-2)36-30(39)26(16-21-12-8-7-9-13-21)35-29(38)24(33)17-22-18-34-25-15-11-10-14-23(22)25/h7-15,18-20,24,26-28,34H,5-6,16-17,33H2,1-4H3,(H,35,38)(H,36,39)(H,37,40)(H,41,42). The monoisotopic (exact) mass is 577 g/mol. The first-order chi connectivity index (χ1) is 20.0. The summed E-state index contributed by atoms with van der Waals surface area (Å²) in [5.74, 6) is -3.36. The number of H-pyrrole nitrogens is 1. The summed E-state index contributed by atoms with van der Waals surface area (Å²) in [7, 11) is 0. The fourth-order valence-electron chi connectivity index (χ4n) is 4.85. The van der Waals surface area contributed by atoms with Crippen LogP contribution in [0.5, 0.6) is 0 Å². The molecule has 0 spiro atoms. The third-order valence-electron chi connectivity index (χ3n) is 7.94. The summed E-state index contributed by atoms with van der Waals surface area (Å²) in [5.41, 5.74) is 8.95. The number of hydrogen-bond donors (Lipinski definition) is 6. The lowest BCUT2D eigenvalue weighted by atomic mass is 9.94. The molecule has 10 heteroatoms. The highest BCUT2D eigenvalue weighted by Crippen LogP contribution is 2.19. The lowest BCUT2D eigenvalue weighted by molar-refractivity contribution is -0.144. The van der Waals surface area contributed by atoms with Gasteiger partial charge in [-0.3, -0.25) is 14.4 Å². The lowest BCUT2D eigenvalue weighted by Gasteiger charge is -2.29. The van der Waals surface area contributed by atoms with Gasteiger partial charge in [0.05, 0.1) is 6.04 Å². The molecule has 0 fully saturated rings. The minimum atomic E-state index is -1.13. The number of aliphatic carboxylic acids is 1. The number of carbonyl (C=O) groups is 4. The molecule has 226 valence electrons. The van der Waals surface area contributed by atoms with E-state index in [1.54, 1.807) is 6.92 Å². The Labute approximate surface area is 246 Å². The van der Waals surface area contributed by atoms with Gasteiger partial charge in [-0.1, -0.05) is 89.1 Å². The number of amides is 3. The molecule has 6 atom stereocenters. The molecule has 42 heavy (non-hydrogen) atoms. The van der Waals surface area contributed by atoms with Crippen LogP contribution in [-0.2, 0) is 32.0 Å². The minimum Gasteiger partial charge on any atom is -0.480 e. The van der Waals surface area contributed by atoms with E-state index in [0.29, 0.717) is 12.8 Å². The van der Waals surface area contributed by atoms with Crippen LogP contribution in [0, 0.1) is 11.8 Å². The summed E-state index contributed by atoms with van der Waals surface area (Å²) in [4.78, 5) is 55.3. The first-order valence-corrected chi connectivity index (χ1v) is 14.5. The third-order valence-corrected chi connectivity index (χ3v) is 7.94. The van der Waals surface area contributed by atoms with E-state index in [1.807, 2.05) is 81.6 Å². The van der Waals surface area contributed by atoms with Crippen molar-refractivity contribution in [2.24, 2.45) is 17.6 Å². The molecular weight excluding hydrogens is 534 g/mol. The molecule has 3 amide bonds. The van der Waals surface area contributed by atoms with Crippen LogP contribution in [0.3, 0.4) is 0 Å². The number of carbonyl (C=O) groups excluding carboxylic acids is 3. The molecular formula is C32H43N5O5.